The van der Waals surface area contributed by atoms with Gasteiger partial charge in [0.2, 0.25) is 0 Å². The lowest BCUT2D eigenvalue weighted by molar-refractivity contribution is 0.0640. The van der Waals surface area contributed by atoms with Gasteiger partial charge in [0.25, 0.3) is 0 Å². The highest BCUT2D eigenvalue weighted by atomic mass is 19.3. The van der Waals surface area contributed by atoms with Gasteiger partial charge in [-0.05, 0) is 12.1 Å². The highest BCUT2D eigenvalue weighted by Crippen LogP contribution is 2.23. The minimum absolute atomic E-state index is 0.0171. The van der Waals surface area contributed by atoms with Gasteiger partial charge < -0.3 is 0 Å². The lowest BCUT2D eigenvalue weighted by Gasteiger charge is -2.03. The van der Waals surface area contributed by atoms with Crippen molar-refractivity contribution in [3.05, 3.63) is 45.0 Å². The summed E-state index contributed by atoms with van der Waals surface area (Å²) in [7, 11) is 0. The third kappa shape index (κ3) is 2.08. The number of aromatic nitrogens is 3. The number of alkyl halides is 2. The van der Waals surface area contributed by atoms with E-state index in [0.29, 0.717) is 12.1 Å². The van der Waals surface area contributed by atoms with E-state index in [-0.39, 0.29) is 15.1 Å². The van der Waals surface area contributed by atoms with Crippen LogP contribution in [-0.2, 0) is 0 Å². The van der Waals surface area contributed by atoms with Crippen LogP contribution in [0, 0.1) is 23.5 Å². The summed E-state index contributed by atoms with van der Waals surface area (Å²) >= 11 is 0. The second kappa shape index (κ2) is 4.87. The largest absolute Gasteiger partial charge is 0.355 e. The van der Waals surface area contributed by atoms with Crippen LogP contribution in [0.4, 0.5) is 23.2 Å². The highest BCUT2D eigenvalue weighted by Gasteiger charge is 2.21. The van der Waals surface area contributed by atoms with Crippen molar-refractivity contribution < 1.29 is 17.6 Å². The molecule has 106 valence electrons. The lowest BCUT2D eigenvalue weighted by Crippen LogP contribution is -2.25. The van der Waals surface area contributed by atoms with Crippen LogP contribution in [0.15, 0.2) is 22.1 Å². The molecule has 1 heterocycles. The molecular weight excluding hydrogens is 284 g/mol. The molecule has 0 saturated carbocycles. The summed E-state index contributed by atoms with van der Waals surface area (Å²) in [4.78, 5) is 21.9. The molecule has 0 aliphatic heterocycles. The van der Waals surface area contributed by atoms with Crippen LogP contribution in [0.25, 0.3) is 5.69 Å². The van der Waals surface area contributed by atoms with Gasteiger partial charge in [-0.15, -0.1) is 10.0 Å². The number of hydrogen-bond acceptors (Lipinski definition) is 4. The van der Waals surface area contributed by atoms with E-state index in [2.05, 4.69) is 10.3 Å². The van der Waals surface area contributed by atoms with Crippen molar-refractivity contribution in [2.75, 3.05) is 0 Å². The van der Waals surface area contributed by atoms with Crippen LogP contribution in [0.3, 0.4) is 0 Å². The summed E-state index contributed by atoms with van der Waals surface area (Å²) in [5.41, 5.74) is -2.82. The number of rotatable bonds is 3. The molecule has 0 atom stereocenters. The fourth-order valence-electron chi connectivity index (χ4n) is 1.62. The predicted octanol–water partition coefficient (Wildman–Crippen LogP) is 2.41. The molecule has 0 spiro atoms. The van der Waals surface area contributed by atoms with Gasteiger partial charge in [0.05, 0.1) is 0 Å². The zero-order valence-corrected chi connectivity index (χ0v) is 9.85. The predicted molar refractivity (Wildman–Crippen MR) is 59.2 cm³/mol. The van der Waals surface area contributed by atoms with E-state index < -0.39 is 35.2 Å². The molecule has 0 N–H and O–H groups in total. The second-order valence-corrected chi connectivity index (χ2v) is 3.74. The van der Waals surface area contributed by atoms with Crippen LogP contribution in [0.2, 0.25) is 0 Å². The quantitative estimate of drug-likeness (QED) is 0.644. The summed E-state index contributed by atoms with van der Waals surface area (Å²) in [5, 5.41) is 5.67. The average Bonchev–Trinajstić information content (AvgIpc) is 2.67. The van der Waals surface area contributed by atoms with Gasteiger partial charge in [-0.1, -0.05) is 0 Å². The molecule has 0 aliphatic rings. The first-order valence-corrected chi connectivity index (χ1v) is 5.16. The molecule has 0 radical (unpaired) electrons. The molecule has 0 bridgehead atoms. The van der Waals surface area contributed by atoms with E-state index in [4.69, 9.17) is 0 Å². The smallest absolute Gasteiger partial charge is 0.245 e. The number of hydrogen-bond donors (Lipinski definition) is 0. The first-order valence-electron chi connectivity index (χ1n) is 5.16. The molecule has 20 heavy (non-hydrogen) atoms. The van der Waals surface area contributed by atoms with Crippen LogP contribution in [0.5, 0.6) is 0 Å². The van der Waals surface area contributed by atoms with Crippen molar-refractivity contribution in [3.63, 3.8) is 0 Å². The fraction of sp³-hybridized carbons (Fsp3) is 0.200. The van der Waals surface area contributed by atoms with E-state index in [1.165, 1.54) is 0 Å². The maximum Gasteiger partial charge on any atom is 0.355 e. The summed E-state index contributed by atoms with van der Waals surface area (Å²) in [6.45, 7) is -2.06. The molecule has 2 rings (SSSR count). The van der Waals surface area contributed by atoms with Crippen LogP contribution < -0.4 is 5.69 Å². The van der Waals surface area contributed by atoms with Gasteiger partial charge in [-0.25, -0.2) is 18.1 Å². The van der Waals surface area contributed by atoms with Gasteiger partial charge in [0.15, 0.2) is 11.6 Å². The SMILES string of the molecule is Cc1nn(-c2cc(F)c(N=O)cc2F)c(=O)n1C(F)F. The fourth-order valence-corrected chi connectivity index (χ4v) is 1.62. The molecule has 0 fully saturated rings. The van der Waals surface area contributed by atoms with Gasteiger partial charge in [0, 0.05) is 12.1 Å². The molecule has 6 nitrogen and oxygen atoms in total. The number of aryl methyl sites for hydroxylation is 1. The average molecular weight is 290 g/mol. The van der Waals surface area contributed by atoms with Crippen molar-refractivity contribution in [1.29, 1.82) is 0 Å². The minimum atomic E-state index is -3.17. The normalized spacial score (nSPS) is 11.1. The Hall–Kier alpha value is -2.52. The Morgan fingerprint density at radius 1 is 1.25 bits per heavy atom. The Morgan fingerprint density at radius 2 is 1.90 bits per heavy atom. The van der Waals surface area contributed by atoms with Gasteiger partial charge >= 0.3 is 12.2 Å². The Balaban J connectivity index is 2.70. The van der Waals surface area contributed by atoms with Crippen molar-refractivity contribution in [2.24, 2.45) is 5.18 Å². The molecule has 2 aromatic rings. The summed E-state index contributed by atoms with van der Waals surface area (Å²) < 4.78 is 52.5. The van der Waals surface area contributed by atoms with Crippen molar-refractivity contribution in [3.8, 4) is 5.69 Å². The highest BCUT2D eigenvalue weighted by molar-refractivity contribution is 5.46. The maximum atomic E-state index is 13.7. The summed E-state index contributed by atoms with van der Waals surface area (Å²) in [5.74, 6) is -2.77. The topological polar surface area (TPSA) is 69.2 Å². The van der Waals surface area contributed by atoms with Crippen LogP contribution in [0.1, 0.15) is 12.4 Å². The Bertz CT molecular complexity index is 738. The molecule has 0 unspecified atom stereocenters. The molecule has 0 saturated heterocycles. The van der Waals surface area contributed by atoms with E-state index >= 15 is 0 Å². The lowest BCUT2D eigenvalue weighted by atomic mass is 10.2. The van der Waals surface area contributed by atoms with Crippen LogP contribution >= 0.6 is 0 Å². The van der Waals surface area contributed by atoms with E-state index in [0.717, 1.165) is 6.92 Å². The first-order chi connectivity index (χ1) is 9.36. The number of nitroso groups, excluding NO2 is 1. The zero-order valence-electron chi connectivity index (χ0n) is 9.85. The van der Waals surface area contributed by atoms with Gasteiger partial charge in [0.1, 0.15) is 17.2 Å². The zero-order chi connectivity index (χ0) is 15.0. The third-order valence-electron chi connectivity index (χ3n) is 2.52. The van der Waals surface area contributed by atoms with E-state index in [1.807, 2.05) is 0 Å². The molecule has 0 aliphatic carbocycles. The Kier molecular flexibility index (Phi) is 3.38. The molecular formula is C10H6F4N4O2. The Morgan fingerprint density at radius 3 is 2.40 bits per heavy atom. The number of nitrogens with zero attached hydrogens (tertiary/aromatic N) is 4. The third-order valence-corrected chi connectivity index (χ3v) is 2.52. The van der Waals surface area contributed by atoms with Crippen molar-refractivity contribution in [2.45, 2.75) is 13.5 Å². The first kappa shape index (κ1) is 13.9. The summed E-state index contributed by atoms with van der Waals surface area (Å²) in [6.07, 6.45) is 0. The van der Waals surface area contributed by atoms with Crippen molar-refractivity contribution >= 4 is 5.69 Å². The van der Waals surface area contributed by atoms with Gasteiger partial charge in [-0.2, -0.15) is 13.5 Å². The summed E-state index contributed by atoms with van der Waals surface area (Å²) in [6, 6.07) is 0.927. The number of halogens is 4. The Labute approximate surface area is 108 Å². The molecule has 10 heteroatoms. The van der Waals surface area contributed by atoms with Gasteiger partial charge in [-0.3, -0.25) is 0 Å². The van der Waals surface area contributed by atoms with Crippen LogP contribution in [-0.4, -0.2) is 14.3 Å². The standard InChI is InChI=1S/C10H6F4N4O2/c1-4-15-18(10(19)17(4)9(13)14)8-3-5(11)7(16-20)2-6(8)12/h2-3,9H,1H3. The minimum Gasteiger partial charge on any atom is -0.245 e. The molecule has 1 aromatic carbocycles. The van der Waals surface area contributed by atoms with Crippen molar-refractivity contribution in [1.82, 2.24) is 14.3 Å². The monoisotopic (exact) mass is 290 g/mol. The maximum absolute atomic E-state index is 13.7. The van der Waals surface area contributed by atoms with E-state index in [9.17, 15) is 27.3 Å². The molecule has 0 amide bonds. The number of benzene rings is 1. The second-order valence-electron chi connectivity index (χ2n) is 3.74. The van der Waals surface area contributed by atoms with E-state index in [1.54, 1.807) is 0 Å². The molecule has 1 aromatic heterocycles.